The van der Waals surface area contributed by atoms with E-state index >= 15 is 0 Å². The van der Waals surface area contributed by atoms with Gasteiger partial charge in [0.05, 0.1) is 31.0 Å². The lowest BCUT2D eigenvalue weighted by atomic mass is 9.95. The summed E-state index contributed by atoms with van der Waals surface area (Å²) in [5.74, 6) is 5.80. The molecule has 5 aromatic rings. The maximum Gasteiger partial charge on any atom is 0.339 e. The molecule has 0 saturated heterocycles. The Morgan fingerprint density at radius 3 is 2.65 bits per heavy atom. The molecule has 0 saturated carbocycles. The van der Waals surface area contributed by atoms with Crippen LogP contribution in [0.5, 0.6) is 0 Å². The van der Waals surface area contributed by atoms with Crippen LogP contribution in [0.1, 0.15) is 27.0 Å². The van der Waals surface area contributed by atoms with Gasteiger partial charge in [-0.1, -0.05) is 42.2 Å². The molecular formula is C31H23N3O3. The molecule has 6 nitrogen and oxygen atoms in total. The number of methoxy groups -OCH3 is 1. The van der Waals surface area contributed by atoms with Gasteiger partial charge in [-0.3, -0.25) is 9.78 Å². The monoisotopic (exact) mass is 485 g/mol. The Morgan fingerprint density at radius 1 is 0.946 bits per heavy atom. The summed E-state index contributed by atoms with van der Waals surface area (Å²) in [6.07, 6.45) is 5.37. The molecule has 180 valence electrons. The number of aromatic amines is 1. The van der Waals surface area contributed by atoms with Crippen molar-refractivity contribution in [3.63, 3.8) is 0 Å². The van der Waals surface area contributed by atoms with Gasteiger partial charge in [0.2, 0.25) is 5.91 Å². The van der Waals surface area contributed by atoms with E-state index in [2.05, 4.69) is 33.2 Å². The molecule has 2 N–H and O–H groups in total. The van der Waals surface area contributed by atoms with Crippen molar-refractivity contribution in [1.29, 1.82) is 0 Å². The molecule has 37 heavy (non-hydrogen) atoms. The summed E-state index contributed by atoms with van der Waals surface area (Å²) in [6.45, 7) is 0. The number of hydrogen-bond acceptors (Lipinski definition) is 4. The number of hydrogen-bond donors (Lipinski definition) is 2. The molecule has 0 aliphatic carbocycles. The first kappa shape index (κ1) is 23.6. The summed E-state index contributed by atoms with van der Waals surface area (Å²) in [5, 5.41) is 3.98. The lowest BCUT2D eigenvalue weighted by molar-refractivity contribution is -0.115. The number of carbonyl (C=O) groups excluding carboxylic acids is 2. The molecule has 0 fully saturated rings. The van der Waals surface area contributed by atoms with Gasteiger partial charge in [0.25, 0.3) is 0 Å². The van der Waals surface area contributed by atoms with E-state index in [-0.39, 0.29) is 12.3 Å². The minimum absolute atomic E-state index is 0.135. The maximum absolute atomic E-state index is 12.7. The van der Waals surface area contributed by atoms with E-state index in [1.54, 1.807) is 42.7 Å². The highest BCUT2D eigenvalue weighted by Crippen LogP contribution is 2.28. The number of benzene rings is 3. The number of nitrogens with one attached hydrogen (secondary N) is 2. The minimum atomic E-state index is -0.433. The van der Waals surface area contributed by atoms with Crippen LogP contribution in [0.4, 0.5) is 5.69 Å². The smallest absolute Gasteiger partial charge is 0.339 e. The predicted octanol–water partition coefficient (Wildman–Crippen LogP) is 5.60. The summed E-state index contributed by atoms with van der Waals surface area (Å²) in [4.78, 5) is 32.1. The molecule has 2 heterocycles. The Hall–Kier alpha value is -5.15. The van der Waals surface area contributed by atoms with Gasteiger partial charge in [-0.15, -0.1) is 0 Å². The van der Waals surface area contributed by atoms with Gasteiger partial charge in [-0.25, -0.2) is 4.79 Å². The highest BCUT2D eigenvalue weighted by molar-refractivity contribution is 5.93. The number of anilines is 1. The first-order chi connectivity index (χ1) is 18.1. The fourth-order valence-corrected chi connectivity index (χ4v) is 4.11. The van der Waals surface area contributed by atoms with E-state index in [0.29, 0.717) is 16.8 Å². The Labute approximate surface area is 214 Å². The minimum Gasteiger partial charge on any atom is -0.465 e. The van der Waals surface area contributed by atoms with Crippen molar-refractivity contribution in [3.8, 4) is 23.0 Å². The van der Waals surface area contributed by atoms with Crippen LogP contribution in [-0.4, -0.2) is 29.0 Å². The zero-order chi connectivity index (χ0) is 25.6. The van der Waals surface area contributed by atoms with Crippen molar-refractivity contribution in [3.05, 3.63) is 120 Å². The quantitative estimate of drug-likeness (QED) is 0.251. The first-order valence-corrected chi connectivity index (χ1v) is 11.7. The van der Waals surface area contributed by atoms with Gasteiger partial charge in [0.15, 0.2) is 0 Å². The summed E-state index contributed by atoms with van der Waals surface area (Å²) >= 11 is 0. The third-order valence-electron chi connectivity index (χ3n) is 5.92. The van der Waals surface area contributed by atoms with E-state index in [1.165, 1.54) is 7.11 Å². The zero-order valence-electron chi connectivity index (χ0n) is 20.1. The molecule has 3 aromatic carbocycles. The van der Waals surface area contributed by atoms with Crippen LogP contribution in [0, 0.1) is 11.8 Å². The fourth-order valence-electron chi connectivity index (χ4n) is 4.11. The number of carbonyl (C=O) groups is 2. The van der Waals surface area contributed by atoms with Gasteiger partial charge in [0.1, 0.15) is 0 Å². The molecule has 0 bridgehead atoms. The summed E-state index contributed by atoms with van der Waals surface area (Å²) in [6, 6.07) is 24.6. The second-order valence-electron chi connectivity index (χ2n) is 8.41. The third kappa shape index (κ3) is 5.42. The average molecular weight is 486 g/mol. The van der Waals surface area contributed by atoms with Crippen molar-refractivity contribution in [2.75, 3.05) is 12.4 Å². The molecule has 0 atom stereocenters. The normalized spacial score (nSPS) is 10.4. The molecule has 5 rings (SSSR count). The number of ether oxygens (including phenoxy) is 1. The summed E-state index contributed by atoms with van der Waals surface area (Å²) < 4.78 is 4.90. The van der Waals surface area contributed by atoms with E-state index < -0.39 is 5.97 Å². The SMILES string of the molecule is COC(=O)c1ccccc1C#Cc1ccc(CC(=O)Nc2cccnc2)cc1-c1ccc2cc[nH]c2c1. The van der Waals surface area contributed by atoms with Crippen LogP contribution in [-0.2, 0) is 16.0 Å². The molecule has 0 unspecified atom stereocenters. The van der Waals surface area contributed by atoms with Gasteiger partial charge >= 0.3 is 5.97 Å². The van der Waals surface area contributed by atoms with Crippen molar-refractivity contribution < 1.29 is 14.3 Å². The summed E-state index contributed by atoms with van der Waals surface area (Å²) in [7, 11) is 1.35. The third-order valence-corrected chi connectivity index (χ3v) is 5.92. The second kappa shape index (κ2) is 10.6. The fraction of sp³-hybridized carbons (Fsp3) is 0.0645. The molecular weight excluding hydrogens is 462 g/mol. The highest BCUT2D eigenvalue weighted by atomic mass is 16.5. The molecule has 0 spiro atoms. The average Bonchev–Trinajstić information content (AvgIpc) is 3.40. The van der Waals surface area contributed by atoms with Crippen LogP contribution in [0.3, 0.4) is 0 Å². The van der Waals surface area contributed by atoms with Gasteiger partial charge in [0, 0.05) is 29.0 Å². The lowest BCUT2D eigenvalue weighted by Crippen LogP contribution is -2.14. The first-order valence-electron chi connectivity index (χ1n) is 11.7. The van der Waals surface area contributed by atoms with Crippen LogP contribution in [0.25, 0.3) is 22.0 Å². The van der Waals surface area contributed by atoms with Crippen molar-refractivity contribution >= 4 is 28.5 Å². The number of H-pyrrole nitrogens is 1. The Bertz CT molecular complexity index is 1660. The van der Waals surface area contributed by atoms with E-state index in [9.17, 15) is 9.59 Å². The highest BCUT2D eigenvalue weighted by Gasteiger charge is 2.12. The molecule has 0 aliphatic rings. The molecule has 1 amide bonds. The molecule has 0 aliphatic heterocycles. The van der Waals surface area contributed by atoms with Crippen LogP contribution in [0.2, 0.25) is 0 Å². The summed E-state index contributed by atoms with van der Waals surface area (Å²) in [5.41, 5.74) is 6.14. The van der Waals surface area contributed by atoms with Crippen molar-refractivity contribution in [1.82, 2.24) is 9.97 Å². The molecule has 0 radical (unpaired) electrons. The van der Waals surface area contributed by atoms with Crippen molar-refractivity contribution in [2.45, 2.75) is 6.42 Å². The van der Waals surface area contributed by atoms with Gasteiger partial charge in [-0.05, 0) is 70.6 Å². The topological polar surface area (TPSA) is 84.1 Å². The number of fused-ring (bicyclic) bond motifs is 1. The number of aromatic nitrogens is 2. The Morgan fingerprint density at radius 2 is 1.81 bits per heavy atom. The number of pyridine rings is 1. The predicted molar refractivity (Wildman–Crippen MR) is 144 cm³/mol. The van der Waals surface area contributed by atoms with E-state index in [4.69, 9.17) is 4.74 Å². The van der Waals surface area contributed by atoms with Gasteiger partial charge in [-0.2, -0.15) is 0 Å². The number of amides is 1. The van der Waals surface area contributed by atoms with Gasteiger partial charge < -0.3 is 15.0 Å². The van der Waals surface area contributed by atoms with Crippen molar-refractivity contribution in [2.24, 2.45) is 0 Å². The molecule has 6 heteroatoms. The lowest BCUT2D eigenvalue weighted by Gasteiger charge is -2.10. The van der Waals surface area contributed by atoms with Crippen LogP contribution >= 0.6 is 0 Å². The number of rotatable bonds is 5. The zero-order valence-corrected chi connectivity index (χ0v) is 20.1. The number of esters is 1. The molecule has 2 aromatic heterocycles. The number of nitrogens with zero attached hydrogens (tertiary/aromatic N) is 1. The standard InChI is InChI=1S/C31H23N3O3/c1-37-31(36)27-7-3-2-5-22(27)10-11-23-9-8-21(18-30(35)34-26-6-4-15-32-20-26)17-28(23)25-13-12-24-14-16-33-29(24)19-25/h2-9,12-17,19-20,33H,18H2,1H3,(H,34,35). The van der Waals surface area contributed by atoms with E-state index in [1.807, 2.05) is 48.7 Å². The Balaban J connectivity index is 1.52. The van der Waals surface area contributed by atoms with E-state index in [0.717, 1.165) is 33.2 Å². The Kier molecular flexibility index (Phi) is 6.78. The maximum atomic E-state index is 12.7. The largest absolute Gasteiger partial charge is 0.465 e. The van der Waals surface area contributed by atoms with Crippen LogP contribution < -0.4 is 5.32 Å². The van der Waals surface area contributed by atoms with Crippen LogP contribution in [0.15, 0.2) is 97.5 Å². The second-order valence-corrected chi connectivity index (χ2v) is 8.41.